The second kappa shape index (κ2) is 6.20. The van der Waals surface area contributed by atoms with Gasteiger partial charge in [0.2, 0.25) is 0 Å². The van der Waals surface area contributed by atoms with E-state index < -0.39 is 5.79 Å². The summed E-state index contributed by atoms with van der Waals surface area (Å²) >= 11 is 3.59. The number of aliphatic hydroxyl groups excluding tert-OH is 1. The maximum atomic E-state index is 9.74. The van der Waals surface area contributed by atoms with Gasteiger partial charge in [-0.05, 0) is 49.3 Å². The van der Waals surface area contributed by atoms with Gasteiger partial charge in [-0.25, -0.2) is 5.01 Å². The van der Waals surface area contributed by atoms with Crippen molar-refractivity contribution in [3.05, 3.63) is 11.9 Å². The molecule has 3 aliphatic heterocycles. The van der Waals surface area contributed by atoms with Gasteiger partial charge in [-0.15, -0.1) is 0 Å². The van der Waals surface area contributed by atoms with Crippen LogP contribution in [0.3, 0.4) is 0 Å². The summed E-state index contributed by atoms with van der Waals surface area (Å²) in [7, 11) is 2.12. The highest BCUT2D eigenvalue weighted by Crippen LogP contribution is 2.42. The molecular formula is C17H27BrN4O3. The Morgan fingerprint density at radius 1 is 1.40 bits per heavy atom. The number of hydrogen-bond acceptors (Lipinski definition) is 7. The third-order valence-electron chi connectivity index (χ3n) is 5.70. The van der Waals surface area contributed by atoms with Crippen molar-refractivity contribution in [1.82, 2.24) is 15.2 Å². The molecule has 1 saturated heterocycles. The van der Waals surface area contributed by atoms with Crippen LogP contribution in [0.4, 0.5) is 0 Å². The fourth-order valence-electron chi connectivity index (χ4n) is 4.51. The predicted octanol–water partition coefficient (Wildman–Crippen LogP) is 1.25. The molecule has 3 heterocycles. The quantitative estimate of drug-likeness (QED) is 0.723. The summed E-state index contributed by atoms with van der Waals surface area (Å²) < 4.78 is 13.1. The molecule has 4 aliphatic rings. The lowest BCUT2D eigenvalue weighted by molar-refractivity contribution is -0.160. The molecule has 0 radical (unpaired) electrons. The lowest BCUT2D eigenvalue weighted by Gasteiger charge is -2.40. The van der Waals surface area contributed by atoms with E-state index >= 15 is 0 Å². The molecule has 2 N–H and O–H groups in total. The third kappa shape index (κ3) is 2.92. The van der Waals surface area contributed by atoms with E-state index in [0.29, 0.717) is 5.92 Å². The number of ether oxygens (including phenoxy) is 2. The molecule has 6 atom stereocenters. The highest BCUT2D eigenvalue weighted by Gasteiger charge is 2.54. The fraction of sp³-hybridized carbons (Fsp3) is 0.824. The number of likely N-dealkylation sites (N-methyl/N-ethyl adjacent to an activating group) is 1. The Hall–Kier alpha value is -0.670. The highest BCUT2D eigenvalue weighted by atomic mass is 79.9. The number of nitrogens with zero attached hydrogens (tertiary/aromatic N) is 3. The maximum absolute atomic E-state index is 9.74. The Labute approximate surface area is 157 Å². The molecule has 1 saturated carbocycles. The molecule has 2 unspecified atom stereocenters. The van der Waals surface area contributed by atoms with Crippen molar-refractivity contribution >= 4 is 20.6 Å². The van der Waals surface area contributed by atoms with Crippen LogP contribution in [0.5, 0.6) is 0 Å². The van der Waals surface area contributed by atoms with E-state index in [1.165, 1.54) is 0 Å². The molecule has 0 spiro atoms. The van der Waals surface area contributed by atoms with Crippen molar-refractivity contribution in [3.63, 3.8) is 0 Å². The van der Waals surface area contributed by atoms with Crippen molar-refractivity contribution in [2.24, 2.45) is 16.9 Å². The number of fused-ring (bicyclic) bond motifs is 2. The average molecular weight is 415 g/mol. The summed E-state index contributed by atoms with van der Waals surface area (Å²) in [5.74, 6) is 0.831. The van der Waals surface area contributed by atoms with Gasteiger partial charge in [-0.2, -0.15) is 5.10 Å². The van der Waals surface area contributed by atoms with Crippen LogP contribution in [0.25, 0.3) is 0 Å². The average Bonchev–Trinajstić information content (AvgIpc) is 3.13. The number of hydrogen-bond donors (Lipinski definition) is 2. The number of aliphatic hydroxyl groups is 1. The zero-order valence-electron chi connectivity index (χ0n) is 15.1. The van der Waals surface area contributed by atoms with E-state index in [-0.39, 0.29) is 36.9 Å². The van der Waals surface area contributed by atoms with Crippen molar-refractivity contribution in [2.45, 2.75) is 57.4 Å². The van der Waals surface area contributed by atoms with Gasteiger partial charge in [0.15, 0.2) is 5.79 Å². The summed E-state index contributed by atoms with van der Waals surface area (Å²) in [5, 5.41) is 20.1. The first-order valence-electron chi connectivity index (χ1n) is 8.97. The minimum absolute atomic E-state index is 0.0568. The van der Waals surface area contributed by atoms with Crippen LogP contribution in [0.2, 0.25) is 0 Å². The monoisotopic (exact) mass is 414 g/mol. The van der Waals surface area contributed by atoms with E-state index in [1.54, 1.807) is 0 Å². The van der Waals surface area contributed by atoms with Gasteiger partial charge in [0, 0.05) is 25.0 Å². The Morgan fingerprint density at radius 2 is 2.12 bits per heavy atom. The first-order valence-corrected chi connectivity index (χ1v) is 9.76. The van der Waals surface area contributed by atoms with E-state index in [1.807, 2.05) is 13.8 Å². The molecule has 0 aromatic rings. The molecule has 1 aliphatic carbocycles. The summed E-state index contributed by atoms with van der Waals surface area (Å²) in [4.78, 5) is 2.29. The Kier molecular flexibility index (Phi) is 4.39. The zero-order valence-corrected chi connectivity index (χ0v) is 16.7. The van der Waals surface area contributed by atoms with Crippen molar-refractivity contribution < 1.29 is 14.6 Å². The van der Waals surface area contributed by atoms with Crippen LogP contribution in [0, 0.1) is 11.8 Å². The van der Waals surface area contributed by atoms with Gasteiger partial charge in [0.1, 0.15) is 22.7 Å². The first-order chi connectivity index (χ1) is 11.8. The van der Waals surface area contributed by atoms with Crippen LogP contribution >= 0.6 is 15.9 Å². The first kappa shape index (κ1) is 17.7. The summed E-state index contributed by atoms with van der Waals surface area (Å²) in [6.07, 6.45) is 3.09. The molecule has 0 aromatic carbocycles. The number of halogens is 1. The van der Waals surface area contributed by atoms with Crippen LogP contribution in [-0.2, 0) is 9.47 Å². The highest BCUT2D eigenvalue weighted by molar-refractivity contribution is 9.18. The molecular weight excluding hydrogens is 388 g/mol. The van der Waals surface area contributed by atoms with Gasteiger partial charge in [-0.3, -0.25) is 4.90 Å². The van der Waals surface area contributed by atoms with Gasteiger partial charge in [0.25, 0.3) is 0 Å². The molecule has 8 heteroatoms. The van der Waals surface area contributed by atoms with E-state index in [2.05, 4.69) is 51.2 Å². The van der Waals surface area contributed by atoms with Gasteiger partial charge >= 0.3 is 0 Å². The summed E-state index contributed by atoms with van der Waals surface area (Å²) in [6, 6.07) is 0.101. The molecule has 4 rings (SSSR count). The second-order valence-corrected chi connectivity index (χ2v) is 8.80. The second-order valence-electron chi connectivity index (χ2n) is 7.99. The molecule has 7 nitrogen and oxygen atoms in total. The normalized spacial score (nSPS) is 42.9. The molecule has 2 fully saturated rings. The number of rotatable bonds is 3. The van der Waals surface area contributed by atoms with E-state index in [4.69, 9.17) is 14.6 Å². The topological polar surface area (TPSA) is 69.6 Å². The van der Waals surface area contributed by atoms with Crippen molar-refractivity contribution in [3.8, 4) is 0 Å². The fourth-order valence-corrected chi connectivity index (χ4v) is 4.91. The van der Waals surface area contributed by atoms with Crippen LogP contribution < -0.4 is 5.32 Å². The maximum Gasteiger partial charge on any atom is 0.163 e. The van der Waals surface area contributed by atoms with Crippen molar-refractivity contribution in [2.75, 3.05) is 20.2 Å². The minimum atomic E-state index is -0.601. The lowest BCUT2D eigenvalue weighted by atomic mass is 10.1. The zero-order chi connectivity index (χ0) is 17.9. The largest absolute Gasteiger partial charge is 0.396 e. The molecule has 140 valence electrons. The summed E-state index contributed by atoms with van der Waals surface area (Å²) in [6.45, 7) is 7.04. The molecule has 0 aromatic heterocycles. The summed E-state index contributed by atoms with van der Waals surface area (Å²) in [5.41, 5.74) is 0. The minimum Gasteiger partial charge on any atom is -0.396 e. The smallest absolute Gasteiger partial charge is 0.163 e. The van der Waals surface area contributed by atoms with Crippen LogP contribution in [-0.4, -0.2) is 70.0 Å². The lowest BCUT2D eigenvalue weighted by Crippen LogP contribution is -2.52. The Morgan fingerprint density at radius 3 is 2.84 bits per heavy atom. The van der Waals surface area contributed by atoms with Gasteiger partial charge < -0.3 is 19.9 Å². The molecule has 25 heavy (non-hydrogen) atoms. The Bertz CT molecular complexity index is 611. The SMILES string of the molecule is CC1C(Br)=NN2C(N[C@@H]3C[C@H](CO)[C@H]4OC(C)(C)O[C@H]43)=CCN(C)C12. The van der Waals surface area contributed by atoms with Gasteiger partial charge in [-0.1, -0.05) is 6.92 Å². The standard InChI is InChI=1S/C17H27BrN4O3/c1-9-15(18)20-22-12(5-6-21(4)16(9)22)19-11-7-10(8-23)13-14(11)25-17(2,3)24-13/h5,9-11,13-14,16,19,23H,6-8H2,1-4H3/t9?,10-,11-,13-,14+,16?/m1/s1. The Balaban J connectivity index is 1.54. The molecule has 0 amide bonds. The van der Waals surface area contributed by atoms with E-state index in [0.717, 1.165) is 23.4 Å². The van der Waals surface area contributed by atoms with Crippen LogP contribution in [0.1, 0.15) is 27.2 Å². The van der Waals surface area contributed by atoms with E-state index in [9.17, 15) is 5.11 Å². The third-order valence-corrected chi connectivity index (χ3v) is 6.58. The van der Waals surface area contributed by atoms with Crippen LogP contribution in [0.15, 0.2) is 17.0 Å². The van der Waals surface area contributed by atoms with Gasteiger partial charge in [0.05, 0.1) is 12.1 Å². The number of hydrazone groups is 1. The van der Waals surface area contributed by atoms with Crippen molar-refractivity contribution in [1.29, 1.82) is 0 Å². The predicted molar refractivity (Wildman–Crippen MR) is 97.8 cm³/mol. The number of nitrogens with one attached hydrogen (secondary N) is 1. The molecule has 0 bridgehead atoms.